The third-order valence-corrected chi connectivity index (χ3v) is 3.73. The Balaban J connectivity index is 1.65. The van der Waals surface area contributed by atoms with E-state index in [2.05, 4.69) is 10.4 Å². The van der Waals surface area contributed by atoms with E-state index < -0.39 is 0 Å². The van der Waals surface area contributed by atoms with Gasteiger partial charge < -0.3 is 11.1 Å². The number of carbonyl (C=O) groups is 1. The predicted molar refractivity (Wildman–Crippen MR) is 69.9 cm³/mol. The summed E-state index contributed by atoms with van der Waals surface area (Å²) in [6.07, 6.45) is 8.93. The minimum atomic E-state index is -0.135. The molecule has 5 nitrogen and oxygen atoms in total. The SMILES string of the molecule is Cn1cc(CCNC2CCC(C(N)=O)CC2)cn1. The smallest absolute Gasteiger partial charge is 0.220 e. The highest BCUT2D eigenvalue weighted by Crippen LogP contribution is 2.23. The van der Waals surface area contributed by atoms with Crippen LogP contribution in [0.1, 0.15) is 31.2 Å². The van der Waals surface area contributed by atoms with Crippen molar-refractivity contribution in [2.45, 2.75) is 38.1 Å². The first kappa shape index (κ1) is 13.1. The molecule has 1 amide bonds. The molecule has 1 heterocycles. The maximum atomic E-state index is 11.1. The molecule has 5 heteroatoms. The molecule has 0 radical (unpaired) electrons. The van der Waals surface area contributed by atoms with Gasteiger partial charge in [0.2, 0.25) is 5.91 Å². The van der Waals surface area contributed by atoms with Gasteiger partial charge in [0.1, 0.15) is 0 Å². The van der Waals surface area contributed by atoms with Gasteiger partial charge in [-0.2, -0.15) is 5.10 Å². The Morgan fingerprint density at radius 2 is 2.22 bits per heavy atom. The molecule has 1 fully saturated rings. The highest BCUT2D eigenvalue weighted by Gasteiger charge is 2.23. The van der Waals surface area contributed by atoms with Crippen LogP contribution in [0.3, 0.4) is 0 Å². The van der Waals surface area contributed by atoms with Crippen molar-refractivity contribution < 1.29 is 4.79 Å². The van der Waals surface area contributed by atoms with Crippen molar-refractivity contribution in [1.29, 1.82) is 0 Å². The molecule has 100 valence electrons. The van der Waals surface area contributed by atoms with Gasteiger partial charge in [0, 0.05) is 25.2 Å². The quantitative estimate of drug-likeness (QED) is 0.803. The number of amides is 1. The van der Waals surface area contributed by atoms with Crippen LogP contribution in [0.15, 0.2) is 12.4 Å². The maximum absolute atomic E-state index is 11.1. The van der Waals surface area contributed by atoms with Gasteiger partial charge >= 0.3 is 0 Å². The van der Waals surface area contributed by atoms with Crippen LogP contribution >= 0.6 is 0 Å². The average molecular weight is 250 g/mol. The van der Waals surface area contributed by atoms with Crippen molar-refractivity contribution in [2.24, 2.45) is 18.7 Å². The maximum Gasteiger partial charge on any atom is 0.220 e. The van der Waals surface area contributed by atoms with Crippen LogP contribution in [0.4, 0.5) is 0 Å². The minimum Gasteiger partial charge on any atom is -0.369 e. The molecule has 0 aliphatic heterocycles. The zero-order valence-electron chi connectivity index (χ0n) is 10.9. The monoisotopic (exact) mass is 250 g/mol. The Morgan fingerprint density at radius 3 is 2.78 bits per heavy atom. The first-order valence-electron chi connectivity index (χ1n) is 6.65. The highest BCUT2D eigenvalue weighted by molar-refractivity contribution is 5.76. The van der Waals surface area contributed by atoms with Crippen LogP contribution in [-0.2, 0) is 18.3 Å². The first-order chi connectivity index (χ1) is 8.65. The molecule has 1 aromatic heterocycles. The van der Waals surface area contributed by atoms with Gasteiger partial charge in [-0.15, -0.1) is 0 Å². The van der Waals surface area contributed by atoms with Crippen molar-refractivity contribution in [3.05, 3.63) is 18.0 Å². The van der Waals surface area contributed by atoms with Gasteiger partial charge in [-0.3, -0.25) is 9.48 Å². The predicted octanol–water partition coefficient (Wildman–Crippen LogP) is 0.596. The van der Waals surface area contributed by atoms with Crippen LogP contribution in [0, 0.1) is 5.92 Å². The molecule has 2 rings (SSSR count). The van der Waals surface area contributed by atoms with Crippen molar-refractivity contribution in [3.8, 4) is 0 Å². The summed E-state index contributed by atoms with van der Waals surface area (Å²) in [5.74, 6) is -0.0369. The molecule has 18 heavy (non-hydrogen) atoms. The molecular weight excluding hydrogens is 228 g/mol. The lowest BCUT2D eigenvalue weighted by atomic mass is 9.85. The lowest BCUT2D eigenvalue weighted by Gasteiger charge is -2.27. The molecule has 0 atom stereocenters. The topological polar surface area (TPSA) is 72.9 Å². The number of nitrogens with two attached hydrogens (primary N) is 1. The summed E-state index contributed by atoms with van der Waals surface area (Å²) in [6.45, 7) is 0.970. The van der Waals surface area contributed by atoms with E-state index in [4.69, 9.17) is 5.73 Å². The number of aromatic nitrogens is 2. The zero-order chi connectivity index (χ0) is 13.0. The number of aryl methyl sites for hydroxylation is 1. The number of primary amides is 1. The Kier molecular flexibility index (Phi) is 4.36. The summed E-state index contributed by atoms with van der Waals surface area (Å²) in [4.78, 5) is 11.1. The van der Waals surface area contributed by atoms with Crippen molar-refractivity contribution in [1.82, 2.24) is 15.1 Å². The third-order valence-electron chi connectivity index (χ3n) is 3.73. The highest BCUT2D eigenvalue weighted by atomic mass is 16.1. The molecule has 0 saturated heterocycles. The number of carbonyl (C=O) groups excluding carboxylic acids is 1. The fourth-order valence-corrected chi connectivity index (χ4v) is 2.60. The summed E-state index contributed by atoms with van der Waals surface area (Å²) >= 11 is 0. The number of rotatable bonds is 5. The molecule has 0 spiro atoms. The van der Waals surface area contributed by atoms with Crippen LogP contribution in [0.2, 0.25) is 0 Å². The third kappa shape index (κ3) is 3.57. The molecule has 0 bridgehead atoms. The van der Waals surface area contributed by atoms with E-state index in [0.717, 1.165) is 38.6 Å². The van der Waals surface area contributed by atoms with E-state index in [1.54, 1.807) is 0 Å². The van der Waals surface area contributed by atoms with E-state index in [-0.39, 0.29) is 11.8 Å². The Hall–Kier alpha value is -1.36. The Bertz CT molecular complexity index is 393. The molecule has 1 aliphatic carbocycles. The first-order valence-corrected chi connectivity index (χ1v) is 6.65. The number of hydrogen-bond donors (Lipinski definition) is 2. The standard InChI is InChI=1S/C13H22N4O/c1-17-9-10(8-16-17)6-7-15-12-4-2-11(3-5-12)13(14)18/h8-9,11-12,15H,2-7H2,1H3,(H2,14,18). The van der Waals surface area contributed by atoms with E-state index in [1.165, 1.54) is 5.56 Å². The number of hydrogen-bond acceptors (Lipinski definition) is 3. The number of nitrogens with one attached hydrogen (secondary N) is 1. The second-order valence-corrected chi connectivity index (χ2v) is 5.18. The fourth-order valence-electron chi connectivity index (χ4n) is 2.60. The Labute approximate surface area is 108 Å². The van der Waals surface area contributed by atoms with E-state index in [1.807, 2.05) is 24.1 Å². The molecule has 1 aromatic rings. The van der Waals surface area contributed by atoms with Gasteiger partial charge in [-0.25, -0.2) is 0 Å². The lowest BCUT2D eigenvalue weighted by molar-refractivity contribution is -0.122. The number of nitrogens with zero attached hydrogens (tertiary/aromatic N) is 2. The van der Waals surface area contributed by atoms with Crippen molar-refractivity contribution >= 4 is 5.91 Å². The molecule has 0 unspecified atom stereocenters. The molecule has 1 aliphatic rings. The van der Waals surface area contributed by atoms with E-state index >= 15 is 0 Å². The van der Waals surface area contributed by atoms with Crippen LogP contribution < -0.4 is 11.1 Å². The summed E-state index contributed by atoms with van der Waals surface area (Å²) in [5.41, 5.74) is 6.58. The van der Waals surface area contributed by atoms with Gasteiger partial charge in [0.15, 0.2) is 0 Å². The second-order valence-electron chi connectivity index (χ2n) is 5.18. The average Bonchev–Trinajstić information content (AvgIpc) is 2.76. The van der Waals surface area contributed by atoms with Gasteiger partial charge in [0.05, 0.1) is 6.20 Å². The summed E-state index contributed by atoms with van der Waals surface area (Å²) in [7, 11) is 1.93. The molecular formula is C13H22N4O. The van der Waals surface area contributed by atoms with Crippen LogP contribution in [0.25, 0.3) is 0 Å². The van der Waals surface area contributed by atoms with Gasteiger partial charge in [0.25, 0.3) is 0 Å². The lowest BCUT2D eigenvalue weighted by Crippen LogP contribution is -2.37. The second kappa shape index (κ2) is 6.00. The zero-order valence-corrected chi connectivity index (χ0v) is 10.9. The normalized spacial score (nSPS) is 24.1. The summed E-state index contributed by atoms with van der Waals surface area (Å²) < 4.78 is 1.83. The van der Waals surface area contributed by atoms with Crippen LogP contribution in [-0.4, -0.2) is 28.3 Å². The van der Waals surface area contributed by atoms with Gasteiger partial charge in [-0.05, 0) is 44.2 Å². The molecule has 0 aromatic carbocycles. The fraction of sp³-hybridized carbons (Fsp3) is 0.692. The van der Waals surface area contributed by atoms with Gasteiger partial charge in [-0.1, -0.05) is 0 Å². The molecule has 3 N–H and O–H groups in total. The summed E-state index contributed by atoms with van der Waals surface area (Å²) in [5, 5.41) is 7.70. The molecule has 1 saturated carbocycles. The van der Waals surface area contributed by atoms with Crippen LogP contribution in [0.5, 0.6) is 0 Å². The Morgan fingerprint density at radius 1 is 1.50 bits per heavy atom. The van der Waals surface area contributed by atoms with Crippen molar-refractivity contribution in [3.63, 3.8) is 0 Å². The van der Waals surface area contributed by atoms with Crippen molar-refractivity contribution in [2.75, 3.05) is 6.54 Å². The minimum absolute atomic E-state index is 0.0985. The summed E-state index contributed by atoms with van der Waals surface area (Å²) in [6, 6.07) is 0.539. The largest absolute Gasteiger partial charge is 0.369 e. The van der Waals surface area contributed by atoms with E-state index in [9.17, 15) is 4.79 Å². The van der Waals surface area contributed by atoms with E-state index in [0.29, 0.717) is 6.04 Å².